The van der Waals surface area contributed by atoms with Crippen LogP contribution in [-0.2, 0) is 16.1 Å². The molecule has 3 N–H and O–H groups in total. The number of nitrogens with one attached hydrogen (secondary N) is 1. The fourth-order valence-electron chi connectivity index (χ4n) is 3.51. The number of carbonyl (C=O) groups excluding carboxylic acids is 3. The van der Waals surface area contributed by atoms with E-state index >= 15 is 0 Å². The number of imide groups is 2. The van der Waals surface area contributed by atoms with Gasteiger partial charge >= 0.3 is 17.8 Å². The SMILES string of the molecule is Nc1nc(CN2C(=O)C(=O)N(C3CCCC3)C2=O)nc(Nc2ccc(F)cc2)n1. The van der Waals surface area contributed by atoms with E-state index in [1.54, 1.807) is 0 Å². The van der Waals surface area contributed by atoms with Crippen molar-refractivity contribution in [2.75, 3.05) is 11.1 Å². The Bertz CT molecular complexity index is 976. The Hall–Kier alpha value is -3.63. The van der Waals surface area contributed by atoms with Crippen molar-refractivity contribution in [1.29, 1.82) is 0 Å². The second-order valence-corrected chi connectivity index (χ2v) is 6.85. The molecule has 150 valence electrons. The molecule has 0 spiro atoms. The molecule has 29 heavy (non-hydrogen) atoms. The van der Waals surface area contributed by atoms with Gasteiger partial charge in [0.25, 0.3) is 0 Å². The van der Waals surface area contributed by atoms with Crippen LogP contribution in [0.4, 0.5) is 26.8 Å². The lowest BCUT2D eigenvalue weighted by Gasteiger charge is -2.20. The summed E-state index contributed by atoms with van der Waals surface area (Å²) in [4.78, 5) is 51.2. The third-order valence-electron chi connectivity index (χ3n) is 4.87. The first-order chi connectivity index (χ1) is 13.9. The molecule has 1 saturated heterocycles. The van der Waals surface area contributed by atoms with Crippen LogP contribution in [0.1, 0.15) is 31.5 Å². The van der Waals surface area contributed by atoms with Gasteiger partial charge in [-0.2, -0.15) is 15.0 Å². The minimum atomic E-state index is -0.908. The molecular weight excluding hydrogens is 381 g/mol. The largest absolute Gasteiger partial charge is 0.368 e. The molecule has 0 unspecified atom stereocenters. The highest BCUT2D eigenvalue weighted by atomic mass is 19.1. The Morgan fingerprint density at radius 3 is 2.41 bits per heavy atom. The van der Waals surface area contributed by atoms with Crippen molar-refractivity contribution in [2.24, 2.45) is 0 Å². The van der Waals surface area contributed by atoms with Gasteiger partial charge < -0.3 is 11.1 Å². The van der Waals surface area contributed by atoms with Crippen LogP contribution in [0.5, 0.6) is 0 Å². The van der Waals surface area contributed by atoms with Crippen LogP contribution in [-0.4, -0.2) is 48.6 Å². The van der Waals surface area contributed by atoms with Crippen LogP contribution < -0.4 is 11.1 Å². The molecule has 2 aliphatic rings. The topological polar surface area (TPSA) is 134 Å². The number of halogens is 1. The van der Waals surface area contributed by atoms with Crippen LogP contribution in [0.25, 0.3) is 0 Å². The normalized spacial score (nSPS) is 17.5. The van der Waals surface area contributed by atoms with Gasteiger partial charge in [-0.1, -0.05) is 12.8 Å². The van der Waals surface area contributed by atoms with Crippen LogP contribution in [0.3, 0.4) is 0 Å². The summed E-state index contributed by atoms with van der Waals surface area (Å²) in [5, 5.41) is 2.85. The molecule has 4 rings (SSSR count). The molecule has 1 aliphatic carbocycles. The van der Waals surface area contributed by atoms with Crippen molar-refractivity contribution < 1.29 is 18.8 Å². The van der Waals surface area contributed by atoms with E-state index < -0.39 is 23.7 Å². The van der Waals surface area contributed by atoms with Crippen molar-refractivity contribution >= 4 is 35.4 Å². The van der Waals surface area contributed by atoms with E-state index in [-0.39, 0.29) is 30.3 Å². The molecule has 1 aliphatic heterocycles. The van der Waals surface area contributed by atoms with E-state index in [1.165, 1.54) is 24.3 Å². The first kappa shape index (κ1) is 18.7. The number of amides is 4. The number of urea groups is 1. The second kappa shape index (κ2) is 7.41. The maximum Gasteiger partial charge on any atom is 0.334 e. The number of aromatic nitrogens is 3. The molecule has 0 radical (unpaired) electrons. The van der Waals surface area contributed by atoms with Crippen molar-refractivity contribution in [3.05, 3.63) is 35.9 Å². The molecule has 10 nitrogen and oxygen atoms in total. The molecule has 0 atom stereocenters. The van der Waals surface area contributed by atoms with Crippen molar-refractivity contribution in [2.45, 2.75) is 38.3 Å². The quantitative estimate of drug-likeness (QED) is 0.571. The number of nitrogen functional groups attached to an aromatic ring is 1. The van der Waals surface area contributed by atoms with Crippen molar-refractivity contribution in [3.63, 3.8) is 0 Å². The summed E-state index contributed by atoms with van der Waals surface area (Å²) in [6.07, 6.45) is 3.22. The summed E-state index contributed by atoms with van der Waals surface area (Å²) in [6, 6.07) is 4.58. The summed E-state index contributed by atoms with van der Waals surface area (Å²) < 4.78 is 13.0. The first-order valence-electron chi connectivity index (χ1n) is 9.14. The Morgan fingerprint density at radius 1 is 1.03 bits per heavy atom. The number of hydrogen-bond donors (Lipinski definition) is 2. The number of nitrogens with two attached hydrogens (primary N) is 1. The summed E-state index contributed by atoms with van der Waals surface area (Å²) in [5.74, 6) is -2.14. The molecule has 0 bridgehead atoms. The third kappa shape index (κ3) is 3.71. The van der Waals surface area contributed by atoms with Gasteiger partial charge in [0.2, 0.25) is 11.9 Å². The van der Waals surface area contributed by atoms with Gasteiger partial charge in [-0.15, -0.1) is 0 Å². The fourth-order valence-corrected chi connectivity index (χ4v) is 3.51. The minimum absolute atomic E-state index is 0.0462. The fraction of sp³-hybridized carbons (Fsp3) is 0.333. The number of nitrogens with zero attached hydrogens (tertiary/aromatic N) is 5. The molecule has 1 aromatic carbocycles. The number of carbonyl (C=O) groups is 3. The molecule has 4 amide bonds. The third-order valence-corrected chi connectivity index (χ3v) is 4.87. The Morgan fingerprint density at radius 2 is 1.72 bits per heavy atom. The van der Waals surface area contributed by atoms with Crippen LogP contribution in [0, 0.1) is 5.82 Å². The summed E-state index contributed by atoms with van der Waals surface area (Å²) in [5.41, 5.74) is 6.22. The molecule has 1 aromatic heterocycles. The molecule has 2 heterocycles. The van der Waals surface area contributed by atoms with Gasteiger partial charge in [-0.25, -0.2) is 14.1 Å². The van der Waals surface area contributed by atoms with E-state index in [9.17, 15) is 18.8 Å². The van der Waals surface area contributed by atoms with Gasteiger partial charge in [0.05, 0.1) is 6.54 Å². The van der Waals surface area contributed by atoms with E-state index in [1.807, 2.05) is 0 Å². The Balaban J connectivity index is 1.53. The summed E-state index contributed by atoms with van der Waals surface area (Å²) >= 11 is 0. The standard InChI is InChI=1S/C18H18FN7O3/c19-10-5-7-11(8-6-10)21-17-23-13(22-16(20)24-17)9-25-14(27)15(28)26(18(25)29)12-3-1-2-4-12/h5-8,12H,1-4,9H2,(H3,20,21,22,23,24). The Labute approximate surface area is 164 Å². The van der Waals surface area contributed by atoms with E-state index in [4.69, 9.17) is 5.73 Å². The van der Waals surface area contributed by atoms with Crippen LogP contribution in [0.15, 0.2) is 24.3 Å². The summed E-state index contributed by atoms with van der Waals surface area (Å²) in [7, 11) is 0. The lowest BCUT2D eigenvalue weighted by molar-refractivity contribution is -0.144. The van der Waals surface area contributed by atoms with Gasteiger partial charge in [-0.3, -0.25) is 14.5 Å². The second-order valence-electron chi connectivity index (χ2n) is 6.85. The van der Waals surface area contributed by atoms with Crippen molar-refractivity contribution in [1.82, 2.24) is 24.8 Å². The molecular formula is C18H18FN7O3. The van der Waals surface area contributed by atoms with E-state index in [0.717, 1.165) is 22.6 Å². The monoisotopic (exact) mass is 399 g/mol. The molecule has 2 aromatic rings. The number of anilines is 3. The predicted molar refractivity (Wildman–Crippen MR) is 99.0 cm³/mol. The highest BCUT2D eigenvalue weighted by molar-refractivity contribution is 6.44. The van der Waals surface area contributed by atoms with E-state index in [2.05, 4.69) is 20.3 Å². The van der Waals surface area contributed by atoms with Gasteiger partial charge in [-0.05, 0) is 37.1 Å². The average molecular weight is 399 g/mol. The van der Waals surface area contributed by atoms with Crippen LogP contribution in [0.2, 0.25) is 0 Å². The maximum atomic E-state index is 13.0. The highest BCUT2D eigenvalue weighted by Gasteiger charge is 2.48. The molecule has 2 fully saturated rings. The first-order valence-corrected chi connectivity index (χ1v) is 9.14. The number of hydrogen-bond acceptors (Lipinski definition) is 8. The average Bonchev–Trinajstić information content (AvgIpc) is 3.27. The number of rotatable bonds is 5. The lowest BCUT2D eigenvalue weighted by Crippen LogP contribution is -2.39. The Kier molecular flexibility index (Phi) is 4.79. The summed E-state index contributed by atoms with van der Waals surface area (Å²) in [6.45, 7) is -0.308. The van der Waals surface area contributed by atoms with Gasteiger partial charge in [0, 0.05) is 11.7 Å². The lowest BCUT2D eigenvalue weighted by atomic mass is 10.2. The number of benzene rings is 1. The highest BCUT2D eigenvalue weighted by Crippen LogP contribution is 2.28. The van der Waals surface area contributed by atoms with Gasteiger partial charge in [0.15, 0.2) is 5.82 Å². The molecule has 11 heteroatoms. The zero-order valence-corrected chi connectivity index (χ0v) is 15.3. The zero-order chi connectivity index (χ0) is 20.5. The molecule has 1 saturated carbocycles. The smallest absolute Gasteiger partial charge is 0.334 e. The van der Waals surface area contributed by atoms with Crippen molar-refractivity contribution in [3.8, 4) is 0 Å². The zero-order valence-electron chi connectivity index (χ0n) is 15.3. The van der Waals surface area contributed by atoms with E-state index in [0.29, 0.717) is 18.5 Å². The van der Waals surface area contributed by atoms with Gasteiger partial charge in [0.1, 0.15) is 5.82 Å². The minimum Gasteiger partial charge on any atom is -0.368 e. The maximum absolute atomic E-state index is 13.0. The van der Waals surface area contributed by atoms with Crippen LogP contribution >= 0.6 is 0 Å². The predicted octanol–water partition coefficient (Wildman–Crippen LogP) is 1.57.